The molecule has 1 amide bonds. The fraction of sp³-hybridized carbons (Fsp3) is 0.737. The fourth-order valence-electron chi connectivity index (χ4n) is 3.92. The lowest BCUT2D eigenvalue weighted by atomic mass is 10.1. The third kappa shape index (κ3) is 5.72. The van der Waals surface area contributed by atoms with Crippen LogP contribution in [0.2, 0.25) is 0 Å². The zero-order valence-corrected chi connectivity index (χ0v) is 18.2. The van der Waals surface area contributed by atoms with Crippen molar-refractivity contribution in [1.29, 1.82) is 0 Å². The molecule has 0 spiro atoms. The monoisotopic (exact) mass is 433 g/mol. The van der Waals surface area contributed by atoms with Gasteiger partial charge in [-0.2, -0.15) is 4.31 Å². The highest BCUT2D eigenvalue weighted by atomic mass is 35.5. The molecule has 2 fully saturated rings. The third-order valence-electron chi connectivity index (χ3n) is 5.48. The summed E-state index contributed by atoms with van der Waals surface area (Å²) >= 11 is 0. The second kappa shape index (κ2) is 10.6. The maximum Gasteiger partial charge on any atom is 0.287 e. The van der Waals surface area contributed by atoms with Gasteiger partial charge in [0.05, 0.1) is 0 Å². The van der Waals surface area contributed by atoms with E-state index in [1.807, 2.05) is 0 Å². The van der Waals surface area contributed by atoms with Gasteiger partial charge in [-0.3, -0.25) is 4.79 Å². The van der Waals surface area contributed by atoms with Crippen molar-refractivity contribution in [3.8, 4) is 0 Å². The summed E-state index contributed by atoms with van der Waals surface area (Å²) in [6.07, 6.45) is 9.31. The normalized spacial score (nSPS) is 19.2. The number of amides is 1. The fourth-order valence-corrected chi connectivity index (χ4v) is 5.60. The predicted octanol–water partition coefficient (Wildman–Crippen LogP) is 2.84. The Morgan fingerprint density at radius 2 is 1.75 bits per heavy atom. The van der Waals surface area contributed by atoms with E-state index in [2.05, 4.69) is 10.6 Å². The number of hydrogen-bond acceptors (Lipinski definition) is 5. The topological polar surface area (TPSA) is 91.6 Å². The van der Waals surface area contributed by atoms with E-state index in [9.17, 15) is 13.2 Å². The summed E-state index contributed by atoms with van der Waals surface area (Å²) in [5, 5.41) is 6.31. The minimum absolute atomic E-state index is 0. The molecule has 3 rings (SSSR count). The predicted molar refractivity (Wildman–Crippen MR) is 111 cm³/mol. The van der Waals surface area contributed by atoms with Crippen LogP contribution in [0.4, 0.5) is 0 Å². The van der Waals surface area contributed by atoms with Gasteiger partial charge in [0.25, 0.3) is 5.91 Å². The molecule has 28 heavy (non-hydrogen) atoms. The number of hydrogen-bond donors (Lipinski definition) is 2. The van der Waals surface area contributed by atoms with Gasteiger partial charge in [0, 0.05) is 38.3 Å². The van der Waals surface area contributed by atoms with Crippen LogP contribution in [0, 0.1) is 6.92 Å². The molecular formula is C19H32ClN3O4S. The van der Waals surface area contributed by atoms with Gasteiger partial charge in [0.2, 0.25) is 10.0 Å². The lowest BCUT2D eigenvalue weighted by Gasteiger charge is -2.16. The number of carbonyl (C=O) groups is 1. The molecule has 1 saturated heterocycles. The second-order valence-electron chi connectivity index (χ2n) is 7.54. The molecule has 0 radical (unpaired) electrons. The van der Waals surface area contributed by atoms with Crippen molar-refractivity contribution >= 4 is 28.3 Å². The smallest absolute Gasteiger partial charge is 0.287 e. The lowest BCUT2D eigenvalue weighted by Crippen LogP contribution is -2.36. The van der Waals surface area contributed by atoms with Gasteiger partial charge in [0.1, 0.15) is 10.7 Å². The molecule has 2 aliphatic rings. The molecule has 1 aliphatic carbocycles. The Labute approximate surface area is 174 Å². The number of nitrogens with zero attached hydrogens (tertiary/aromatic N) is 1. The average molecular weight is 434 g/mol. The molecule has 7 nitrogen and oxygen atoms in total. The van der Waals surface area contributed by atoms with E-state index < -0.39 is 10.0 Å². The van der Waals surface area contributed by atoms with E-state index >= 15 is 0 Å². The van der Waals surface area contributed by atoms with E-state index in [0.29, 0.717) is 32.2 Å². The molecule has 160 valence electrons. The molecule has 2 N–H and O–H groups in total. The second-order valence-corrected chi connectivity index (χ2v) is 9.45. The molecule has 9 heteroatoms. The first kappa shape index (κ1) is 23.2. The molecule has 1 aliphatic heterocycles. The van der Waals surface area contributed by atoms with E-state index in [0.717, 1.165) is 12.8 Å². The van der Waals surface area contributed by atoms with Gasteiger partial charge < -0.3 is 15.1 Å². The quantitative estimate of drug-likeness (QED) is 0.509. The molecular weight excluding hydrogens is 402 g/mol. The van der Waals surface area contributed by atoms with Crippen LogP contribution < -0.4 is 10.6 Å². The largest absolute Gasteiger partial charge is 0.455 e. The summed E-state index contributed by atoms with van der Waals surface area (Å²) in [6.45, 7) is 3.84. The highest BCUT2D eigenvalue weighted by Gasteiger charge is 2.31. The van der Waals surface area contributed by atoms with Crippen LogP contribution >= 0.6 is 12.4 Å². The zero-order chi connectivity index (χ0) is 19.3. The van der Waals surface area contributed by atoms with Crippen LogP contribution in [-0.4, -0.2) is 50.9 Å². The molecule has 0 atom stereocenters. The maximum absolute atomic E-state index is 12.7. The van der Waals surface area contributed by atoms with Crippen LogP contribution in [-0.2, 0) is 10.0 Å². The maximum atomic E-state index is 12.7. The number of sulfonamides is 1. The minimum atomic E-state index is -3.58. The van der Waals surface area contributed by atoms with Crippen LogP contribution in [0.5, 0.6) is 0 Å². The number of furan rings is 1. The highest BCUT2D eigenvalue weighted by Crippen LogP contribution is 2.26. The summed E-state index contributed by atoms with van der Waals surface area (Å²) in [6, 6.07) is 1.89. The molecule has 1 aromatic heterocycles. The summed E-state index contributed by atoms with van der Waals surface area (Å²) in [7, 11) is -3.58. The van der Waals surface area contributed by atoms with E-state index in [-0.39, 0.29) is 34.7 Å². The standard InChI is InChI=1S/C19H31N3O4S.ClH/c1-15-18(27(24,25)22-12-6-7-13-22)14-17(26-15)19(23)21-11-10-20-16-8-4-2-3-5-9-16;/h14,16,20H,2-13H2,1H3,(H,21,23);1H. The van der Waals surface area contributed by atoms with E-state index in [4.69, 9.17) is 4.42 Å². The molecule has 1 saturated carbocycles. The van der Waals surface area contributed by atoms with Crippen molar-refractivity contribution in [2.24, 2.45) is 0 Å². The van der Waals surface area contributed by atoms with Gasteiger partial charge in [0.15, 0.2) is 5.76 Å². The Bertz CT molecular complexity index is 736. The van der Waals surface area contributed by atoms with Crippen molar-refractivity contribution in [3.05, 3.63) is 17.6 Å². The number of carbonyl (C=O) groups excluding carboxylic acids is 1. The van der Waals surface area contributed by atoms with E-state index in [1.54, 1.807) is 6.92 Å². The van der Waals surface area contributed by atoms with Crippen LogP contribution in [0.25, 0.3) is 0 Å². The number of aryl methyl sites for hydroxylation is 1. The Morgan fingerprint density at radius 3 is 2.39 bits per heavy atom. The summed E-state index contributed by atoms with van der Waals surface area (Å²) in [4.78, 5) is 12.4. The molecule has 2 heterocycles. The first-order chi connectivity index (χ1) is 13.0. The Kier molecular flexibility index (Phi) is 8.80. The first-order valence-electron chi connectivity index (χ1n) is 10.1. The Balaban J connectivity index is 0.00000280. The van der Waals surface area contributed by atoms with E-state index in [1.165, 1.54) is 48.9 Å². The summed E-state index contributed by atoms with van der Waals surface area (Å²) in [5.74, 6) is -0.0491. The highest BCUT2D eigenvalue weighted by molar-refractivity contribution is 7.89. The number of nitrogens with one attached hydrogen (secondary N) is 2. The van der Waals surface area contributed by atoms with Crippen molar-refractivity contribution in [2.75, 3.05) is 26.2 Å². The molecule has 1 aromatic rings. The van der Waals surface area contributed by atoms with Crippen LogP contribution in [0.3, 0.4) is 0 Å². The van der Waals surface area contributed by atoms with Gasteiger partial charge in [-0.25, -0.2) is 8.42 Å². The zero-order valence-electron chi connectivity index (χ0n) is 16.5. The van der Waals surface area contributed by atoms with Gasteiger partial charge >= 0.3 is 0 Å². The van der Waals surface area contributed by atoms with Crippen molar-refractivity contribution in [1.82, 2.24) is 14.9 Å². The summed E-state index contributed by atoms with van der Waals surface area (Å²) in [5.41, 5.74) is 0. The van der Waals surface area contributed by atoms with Gasteiger partial charge in [-0.05, 0) is 32.6 Å². The molecule has 0 unspecified atom stereocenters. The first-order valence-corrected chi connectivity index (χ1v) is 11.5. The Hall–Kier alpha value is -1.09. The average Bonchev–Trinajstić information content (AvgIpc) is 3.24. The molecule has 0 bridgehead atoms. The van der Waals surface area contributed by atoms with Gasteiger partial charge in [-0.1, -0.05) is 25.7 Å². The van der Waals surface area contributed by atoms with Crippen molar-refractivity contribution in [3.63, 3.8) is 0 Å². The lowest BCUT2D eigenvalue weighted by molar-refractivity contribution is 0.0924. The molecule has 0 aromatic carbocycles. The minimum Gasteiger partial charge on any atom is -0.455 e. The van der Waals surface area contributed by atoms with Crippen LogP contribution in [0.15, 0.2) is 15.4 Å². The third-order valence-corrected chi connectivity index (χ3v) is 7.48. The Morgan fingerprint density at radius 1 is 1.11 bits per heavy atom. The number of halogens is 1. The van der Waals surface area contributed by atoms with Crippen molar-refractivity contribution in [2.45, 2.75) is 69.2 Å². The van der Waals surface area contributed by atoms with Crippen LogP contribution in [0.1, 0.15) is 67.7 Å². The van der Waals surface area contributed by atoms with Gasteiger partial charge in [-0.15, -0.1) is 12.4 Å². The van der Waals surface area contributed by atoms with Crippen molar-refractivity contribution < 1.29 is 17.6 Å². The SMILES string of the molecule is Cc1oc(C(=O)NCCNC2CCCCCC2)cc1S(=O)(=O)N1CCCC1.Cl. The summed E-state index contributed by atoms with van der Waals surface area (Å²) < 4.78 is 32.3. The number of rotatable bonds is 7.